The molecule has 0 bridgehead atoms. The third-order valence-corrected chi connectivity index (χ3v) is 4.57. The average Bonchev–Trinajstić information content (AvgIpc) is 3.30. The number of rotatable bonds is 4. The van der Waals surface area contributed by atoms with Gasteiger partial charge in [0.05, 0.1) is 12.2 Å². The predicted molar refractivity (Wildman–Crippen MR) is 82.0 cm³/mol. The number of aromatic nitrogens is 4. The van der Waals surface area contributed by atoms with Crippen LogP contribution in [-0.4, -0.2) is 31.6 Å². The number of thiophene rings is 1. The van der Waals surface area contributed by atoms with E-state index in [2.05, 4.69) is 41.9 Å². The minimum atomic E-state index is 0.192. The topological polar surface area (TPSA) is 67.9 Å². The van der Waals surface area contributed by atoms with Gasteiger partial charge in [-0.05, 0) is 41.8 Å². The van der Waals surface area contributed by atoms with E-state index < -0.39 is 0 Å². The summed E-state index contributed by atoms with van der Waals surface area (Å²) >= 11 is 1.73. The van der Waals surface area contributed by atoms with Gasteiger partial charge in [-0.1, -0.05) is 0 Å². The highest BCUT2D eigenvalue weighted by Gasteiger charge is 2.30. The molecule has 1 unspecified atom stereocenters. The average molecular weight is 313 g/mol. The van der Waals surface area contributed by atoms with Crippen molar-refractivity contribution in [2.75, 3.05) is 6.54 Å². The summed E-state index contributed by atoms with van der Waals surface area (Å²) in [5.74, 6) is 1.11. The van der Waals surface area contributed by atoms with Gasteiger partial charge >= 0.3 is 0 Å². The van der Waals surface area contributed by atoms with Crippen molar-refractivity contribution in [3.63, 3.8) is 0 Å². The van der Waals surface area contributed by atoms with Gasteiger partial charge in [-0.2, -0.15) is 11.3 Å². The van der Waals surface area contributed by atoms with Gasteiger partial charge < -0.3 is 4.42 Å². The van der Waals surface area contributed by atoms with Crippen molar-refractivity contribution in [3.8, 4) is 11.6 Å². The Morgan fingerprint density at radius 3 is 3.14 bits per heavy atom. The zero-order valence-corrected chi connectivity index (χ0v) is 12.7. The maximum atomic E-state index is 5.84. The lowest BCUT2D eigenvalue weighted by Crippen LogP contribution is -2.22. The Bertz CT molecular complexity index is 727. The molecule has 3 aromatic heterocycles. The fourth-order valence-corrected chi connectivity index (χ4v) is 3.45. The Kier molecular flexibility index (Phi) is 3.65. The van der Waals surface area contributed by atoms with E-state index in [1.165, 1.54) is 5.56 Å². The first kappa shape index (κ1) is 13.5. The molecule has 0 aromatic carbocycles. The van der Waals surface area contributed by atoms with Crippen molar-refractivity contribution < 1.29 is 4.42 Å². The molecule has 6 nitrogen and oxygen atoms in total. The molecule has 4 rings (SSSR count). The lowest BCUT2D eigenvalue weighted by atomic mass is 10.2. The van der Waals surface area contributed by atoms with Crippen LogP contribution < -0.4 is 0 Å². The summed E-state index contributed by atoms with van der Waals surface area (Å²) in [6.45, 7) is 1.99. The molecule has 0 aliphatic carbocycles. The Balaban J connectivity index is 1.55. The Morgan fingerprint density at radius 1 is 1.32 bits per heavy atom. The Hall–Kier alpha value is -2.12. The summed E-state index contributed by atoms with van der Waals surface area (Å²) in [7, 11) is 0. The minimum absolute atomic E-state index is 0.192. The Morgan fingerprint density at radius 2 is 2.32 bits per heavy atom. The molecule has 0 N–H and O–H groups in total. The molecule has 0 amide bonds. The van der Waals surface area contributed by atoms with Crippen molar-refractivity contribution in [2.45, 2.75) is 25.4 Å². The lowest BCUT2D eigenvalue weighted by Gasteiger charge is -2.20. The number of nitrogens with zero attached hydrogens (tertiary/aromatic N) is 5. The van der Waals surface area contributed by atoms with E-state index >= 15 is 0 Å². The van der Waals surface area contributed by atoms with Crippen molar-refractivity contribution in [1.82, 2.24) is 25.1 Å². The number of likely N-dealkylation sites (tertiary alicyclic amines) is 1. The maximum absolute atomic E-state index is 5.84. The fourth-order valence-electron chi connectivity index (χ4n) is 2.79. The van der Waals surface area contributed by atoms with Crippen LogP contribution in [0.15, 0.2) is 39.8 Å². The van der Waals surface area contributed by atoms with Crippen molar-refractivity contribution in [2.24, 2.45) is 0 Å². The minimum Gasteiger partial charge on any atom is -0.417 e. The van der Waals surface area contributed by atoms with E-state index in [0.717, 1.165) is 25.9 Å². The largest absolute Gasteiger partial charge is 0.417 e. The van der Waals surface area contributed by atoms with Crippen LogP contribution in [0.4, 0.5) is 0 Å². The molecule has 0 spiro atoms. The van der Waals surface area contributed by atoms with Gasteiger partial charge in [0.1, 0.15) is 5.69 Å². The van der Waals surface area contributed by atoms with Crippen LogP contribution in [-0.2, 0) is 6.54 Å². The second kappa shape index (κ2) is 5.94. The predicted octanol–water partition coefficient (Wildman–Crippen LogP) is 2.93. The molecular weight excluding hydrogens is 298 g/mol. The standard InChI is InChI=1S/C15H15N5OS/c1-2-13(20(6-1)9-11-3-7-22-10-11)15-19-18-14(21-15)12-8-16-4-5-17-12/h3-5,7-8,10,13H,1-2,6,9H2. The second-order valence-corrected chi connectivity index (χ2v) is 6.08. The molecule has 112 valence electrons. The monoisotopic (exact) mass is 313 g/mol. The molecular formula is C15H15N5OS. The van der Waals surface area contributed by atoms with Crippen LogP contribution in [0.3, 0.4) is 0 Å². The van der Waals surface area contributed by atoms with Gasteiger partial charge in [0.15, 0.2) is 0 Å². The molecule has 1 aliphatic heterocycles. The van der Waals surface area contributed by atoms with Crippen molar-refractivity contribution >= 4 is 11.3 Å². The van der Waals surface area contributed by atoms with Gasteiger partial charge in [0.2, 0.25) is 5.89 Å². The summed E-state index contributed by atoms with van der Waals surface area (Å²) in [5.41, 5.74) is 1.95. The first-order chi connectivity index (χ1) is 10.9. The highest BCUT2D eigenvalue weighted by Crippen LogP contribution is 2.33. The third-order valence-electron chi connectivity index (χ3n) is 3.84. The lowest BCUT2D eigenvalue weighted by molar-refractivity contribution is 0.216. The molecule has 1 fully saturated rings. The summed E-state index contributed by atoms with van der Waals surface area (Å²) < 4.78 is 5.84. The fraction of sp³-hybridized carbons (Fsp3) is 0.333. The van der Waals surface area contributed by atoms with Gasteiger partial charge in [0.25, 0.3) is 5.89 Å². The van der Waals surface area contributed by atoms with E-state index in [-0.39, 0.29) is 6.04 Å². The van der Waals surface area contributed by atoms with Crippen molar-refractivity contribution in [1.29, 1.82) is 0 Å². The molecule has 0 saturated carbocycles. The zero-order valence-electron chi connectivity index (χ0n) is 11.9. The van der Waals surface area contributed by atoms with Gasteiger partial charge in [-0.15, -0.1) is 10.2 Å². The van der Waals surface area contributed by atoms with Crippen molar-refractivity contribution in [3.05, 3.63) is 46.9 Å². The van der Waals surface area contributed by atoms with Crippen LogP contribution in [0.5, 0.6) is 0 Å². The summed E-state index contributed by atoms with van der Waals surface area (Å²) in [5, 5.41) is 12.6. The van der Waals surface area contributed by atoms with E-state index in [9.17, 15) is 0 Å². The smallest absolute Gasteiger partial charge is 0.267 e. The van der Waals surface area contributed by atoms with E-state index in [0.29, 0.717) is 17.5 Å². The van der Waals surface area contributed by atoms with Gasteiger partial charge in [-0.3, -0.25) is 9.88 Å². The molecule has 4 heterocycles. The quantitative estimate of drug-likeness (QED) is 0.737. The molecule has 1 aliphatic rings. The molecule has 22 heavy (non-hydrogen) atoms. The second-order valence-electron chi connectivity index (χ2n) is 5.30. The molecule has 3 aromatic rings. The van der Waals surface area contributed by atoms with E-state index in [1.807, 2.05) is 0 Å². The zero-order chi connectivity index (χ0) is 14.8. The van der Waals surface area contributed by atoms with E-state index in [1.54, 1.807) is 29.9 Å². The molecule has 7 heteroatoms. The highest BCUT2D eigenvalue weighted by atomic mass is 32.1. The van der Waals surface area contributed by atoms with Crippen LogP contribution in [0.1, 0.15) is 30.3 Å². The Labute approximate surface area is 131 Å². The maximum Gasteiger partial charge on any atom is 0.267 e. The van der Waals surface area contributed by atoms with Crippen LogP contribution in [0.25, 0.3) is 11.6 Å². The normalized spacial score (nSPS) is 18.8. The SMILES string of the molecule is c1cnc(-c2nnc(C3CCCN3Cc3ccsc3)o2)cn1. The number of hydrogen-bond donors (Lipinski definition) is 0. The third kappa shape index (κ3) is 2.65. The van der Waals surface area contributed by atoms with Gasteiger partial charge in [-0.25, -0.2) is 4.98 Å². The summed E-state index contributed by atoms with van der Waals surface area (Å²) in [4.78, 5) is 10.6. The highest BCUT2D eigenvalue weighted by molar-refractivity contribution is 7.07. The van der Waals surface area contributed by atoms with E-state index in [4.69, 9.17) is 4.42 Å². The first-order valence-electron chi connectivity index (χ1n) is 7.25. The van der Waals surface area contributed by atoms with Gasteiger partial charge in [0, 0.05) is 18.9 Å². The first-order valence-corrected chi connectivity index (χ1v) is 8.19. The molecule has 0 radical (unpaired) electrons. The summed E-state index contributed by atoms with van der Waals surface area (Å²) in [6.07, 6.45) is 7.08. The number of hydrogen-bond acceptors (Lipinski definition) is 7. The molecule has 1 atom stereocenters. The van der Waals surface area contributed by atoms with Crippen LogP contribution >= 0.6 is 11.3 Å². The van der Waals surface area contributed by atoms with Crippen LogP contribution in [0.2, 0.25) is 0 Å². The van der Waals surface area contributed by atoms with Crippen LogP contribution in [0, 0.1) is 0 Å². The summed E-state index contributed by atoms with van der Waals surface area (Å²) in [6, 6.07) is 2.36. The molecule has 1 saturated heterocycles.